The zero-order valence-corrected chi connectivity index (χ0v) is 14.4. The fraction of sp³-hybridized carbons (Fsp3) is 0.438. The van der Waals surface area contributed by atoms with Crippen LogP contribution in [0.2, 0.25) is 5.02 Å². The molecule has 0 radical (unpaired) electrons. The van der Waals surface area contributed by atoms with Gasteiger partial charge in [-0.15, -0.1) is 0 Å². The number of ether oxygens (including phenoxy) is 1. The number of carbonyl (C=O) groups excluding carboxylic acids is 3. The van der Waals surface area contributed by atoms with Crippen LogP contribution >= 0.6 is 11.6 Å². The number of hydrogen-bond donors (Lipinski definition) is 1. The molecule has 1 N–H and O–H groups in total. The third-order valence-corrected chi connectivity index (χ3v) is 3.95. The second-order valence-corrected chi connectivity index (χ2v) is 5.86. The second-order valence-electron chi connectivity index (χ2n) is 5.43. The predicted octanol–water partition coefficient (Wildman–Crippen LogP) is 1.65. The van der Waals surface area contributed by atoms with Crippen molar-refractivity contribution in [3.8, 4) is 0 Å². The van der Waals surface area contributed by atoms with E-state index >= 15 is 0 Å². The minimum atomic E-state index is -0.667. The SMILES string of the molecule is COCCCNC(=O)CN1C(=O)C(C)N(c2ccc(Cl)cc2)C1=O. The van der Waals surface area contributed by atoms with E-state index in [1.165, 1.54) is 4.90 Å². The van der Waals surface area contributed by atoms with Gasteiger partial charge in [-0.2, -0.15) is 0 Å². The number of anilines is 1. The third kappa shape index (κ3) is 4.04. The molecule has 8 heteroatoms. The Morgan fingerprint density at radius 1 is 1.29 bits per heavy atom. The molecule has 1 aliphatic heterocycles. The molecular weight excluding hydrogens is 334 g/mol. The average molecular weight is 354 g/mol. The summed E-state index contributed by atoms with van der Waals surface area (Å²) >= 11 is 5.85. The molecule has 0 bridgehead atoms. The summed E-state index contributed by atoms with van der Waals surface area (Å²) < 4.78 is 4.89. The normalized spacial score (nSPS) is 17.5. The lowest BCUT2D eigenvalue weighted by molar-refractivity contribution is -0.131. The van der Waals surface area contributed by atoms with E-state index in [1.807, 2.05) is 0 Å². The van der Waals surface area contributed by atoms with Crippen molar-refractivity contribution in [3.63, 3.8) is 0 Å². The van der Waals surface area contributed by atoms with Gasteiger partial charge in [0.1, 0.15) is 12.6 Å². The van der Waals surface area contributed by atoms with Crippen LogP contribution in [0, 0.1) is 0 Å². The number of urea groups is 1. The molecule has 4 amide bonds. The summed E-state index contributed by atoms with van der Waals surface area (Å²) in [4.78, 5) is 39.1. The maximum absolute atomic E-state index is 12.5. The van der Waals surface area contributed by atoms with Crippen molar-refractivity contribution >= 4 is 35.1 Å². The van der Waals surface area contributed by atoms with E-state index in [0.717, 1.165) is 4.90 Å². The number of carbonyl (C=O) groups is 3. The van der Waals surface area contributed by atoms with Gasteiger partial charge in [0.2, 0.25) is 5.91 Å². The fourth-order valence-corrected chi connectivity index (χ4v) is 2.58. The van der Waals surface area contributed by atoms with Crippen LogP contribution in [0.4, 0.5) is 10.5 Å². The smallest absolute Gasteiger partial charge is 0.332 e. The minimum absolute atomic E-state index is 0.293. The first-order chi connectivity index (χ1) is 11.5. The van der Waals surface area contributed by atoms with E-state index < -0.39 is 18.0 Å². The fourth-order valence-electron chi connectivity index (χ4n) is 2.45. The molecule has 130 valence electrons. The number of methoxy groups -OCH3 is 1. The molecule has 0 aliphatic carbocycles. The molecule has 2 rings (SSSR count). The molecule has 24 heavy (non-hydrogen) atoms. The van der Waals surface area contributed by atoms with Gasteiger partial charge in [0, 0.05) is 31.0 Å². The van der Waals surface area contributed by atoms with Gasteiger partial charge in [0.15, 0.2) is 0 Å². The maximum Gasteiger partial charge on any atom is 0.332 e. The van der Waals surface area contributed by atoms with Crippen molar-refractivity contribution < 1.29 is 19.1 Å². The Balaban J connectivity index is 2.02. The molecule has 1 aliphatic rings. The van der Waals surface area contributed by atoms with Gasteiger partial charge in [-0.1, -0.05) is 11.6 Å². The lowest BCUT2D eigenvalue weighted by Gasteiger charge is -2.19. The van der Waals surface area contributed by atoms with E-state index in [2.05, 4.69) is 5.32 Å². The molecule has 1 aromatic carbocycles. The Morgan fingerprint density at radius 2 is 1.96 bits per heavy atom. The van der Waals surface area contributed by atoms with Crippen molar-refractivity contribution in [2.24, 2.45) is 0 Å². The number of hydrogen-bond acceptors (Lipinski definition) is 4. The summed E-state index contributed by atoms with van der Waals surface area (Å²) in [5.41, 5.74) is 0.563. The van der Waals surface area contributed by atoms with Crippen molar-refractivity contribution in [1.82, 2.24) is 10.2 Å². The van der Waals surface area contributed by atoms with Crippen LogP contribution in [-0.2, 0) is 14.3 Å². The highest BCUT2D eigenvalue weighted by Crippen LogP contribution is 2.26. The second kappa shape index (κ2) is 8.12. The number of amides is 4. The lowest BCUT2D eigenvalue weighted by atomic mass is 10.2. The first-order valence-corrected chi connectivity index (χ1v) is 7.99. The van der Waals surface area contributed by atoms with Gasteiger partial charge in [-0.3, -0.25) is 19.4 Å². The summed E-state index contributed by atoms with van der Waals surface area (Å²) in [5.74, 6) is -0.778. The highest BCUT2D eigenvalue weighted by molar-refractivity contribution is 6.30. The Morgan fingerprint density at radius 3 is 2.58 bits per heavy atom. The summed E-state index contributed by atoms with van der Waals surface area (Å²) in [6.07, 6.45) is 0.664. The van der Waals surface area contributed by atoms with E-state index in [9.17, 15) is 14.4 Å². The largest absolute Gasteiger partial charge is 0.385 e. The zero-order valence-electron chi connectivity index (χ0n) is 13.6. The van der Waals surface area contributed by atoms with Crippen molar-refractivity contribution in [2.45, 2.75) is 19.4 Å². The molecular formula is C16H20ClN3O4. The molecule has 0 spiro atoms. The molecule has 1 aromatic rings. The van der Waals surface area contributed by atoms with Crippen molar-refractivity contribution in [3.05, 3.63) is 29.3 Å². The number of rotatable bonds is 7. The van der Waals surface area contributed by atoms with E-state index in [-0.39, 0.29) is 12.5 Å². The Kier molecular flexibility index (Phi) is 6.16. The van der Waals surface area contributed by atoms with Crippen LogP contribution in [0.3, 0.4) is 0 Å². The molecule has 1 atom stereocenters. The number of halogens is 1. The molecule has 7 nitrogen and oxygen atoms in total. The summed E-state index contributed by atoms with van der Waals surface area (Å²) in [5, 5.41) is 3.20. The maximum atomic E-state index is 12.5. The van der Waals surface area contributed by atoms with Gasteiger partial charge in [-0.25, -0.2) is 4.79 Å². The molecule has 0 saturated carbocycles. The summed E-state index contributed by atoms with van der Waals surface area (Å²) in [7, 11) is 1.58. The lowest BCUT2D eigenvalue weighted by Crippen LogP contribution is -2.41. The van der Waals surface area contributed by atoms with E-state index in [4.69, 9.17) is 16.3 Å². The molecule has 1 saturated heterocycles. The van der Waals surface area contributed by atoms with E-state index in [1.54, 1.807) is 38.3 Å². The van der Waals surface area contributed by atoms with Crippen molar-refractivity contribution in [2.75, 3.05) is 31.7 Å². The van der Waals surface area contributed by atoms with Crippen LogP contribution < -0.4 is 10.2 Å². The Labute approximate surface area is 145 Å². The molecule has 0 aromatic heterocycles. The van der Waals surface area contributed by atoms with Crippen LogP contribution in [0.25, 0.3) is 0 Å². The molecule has 1 heterocycles. The van der Waals surface area contributed by atoms with Crippen LogP contribution in [0.5, 0.6) is 0 Å². The van der Waals surface area contributed by atoms with Crippen LogP contribution in [0.1, 0.15) is 13.3 Å². The van der Waals surface area contributed by atoms with Gasteiger partial charge in [0.25, 0.3) is 5.91 Å². The summed E-state index contributed by atoms with van der Waals surface area (Å²) in [6, 6.07) is 5.44. The van der Waals surface area contributed by atoms with E-state index in [0.29, 0.717) is 30.3 Å². The number of nitrogens with one attached hydrogen (secondary N) is 1. The molecule has 1 unspecified atom stereocenters. The first-order valence-electron chi connectivity index (χ1n) is 7.61. The quantitative estimate of drug-likeness (QED) is 0.597. The van der Waals surface area contributed by atoms with Crippen LogP contribution in [0.15, 0.2) is 24.3 Å². The molecule has 1 fully saturated rings. The topological polar surface area (TPSA) is 79.0 Å². The minimum Gasteiger partial charge on any atom is -0.385 e. The Bertz CT molecular complexity index is 620. The van der Waals surface area contributed by atoms with Gasteiger partial charge in [-0.05, 0) is 37.6 Å². The highest BCUT2D eigenvalue weighted by Gasteiger charge is 2.43. The van der Waals surface area contributed by atoms with Crippen molar-refractivity contribution in [1.29, 1.82) is 0 Å². The highest BCUT2D eigenvalue weighted by atomic mass is 35.5. The van der Waals surface area contributed by atoms with Gasteiger partial charge in [0.05, 0.1) is 0 Å². The summed E-state index contributed by atoms with van der Waals surface area (Å²) in [6.45, 7) is 2.30. The van der Waals surface area contributed by atoms with Gasteiger partial charge >= 0.3 is 6.03 Å². The third-order valence-electron chi connectivity index (χ3n) is 3.70. The standard InChI is InChI=1S/C16H20ClN3O4/c1-11-15(22)19(10-14(21)18-8-3-9-24-2)16(23)20(11)13-6-4-12(17)5-7-13/h4-7,11H,3,8-10H2,1-2H3,(H,18,21). The zero-order chi connectivity index (χ0) is 17.7. The predicted molar refractivity (Wildman–Crippen MR) is 90.0 cm³/mol. The Hall–Kier alpha value is -2.12. The number of imide groups is 1. The average Bonchev–Trinajstić information content (AvgIpc) is 2.76. The number of nitrogens with zero attached hydrogens (tertiary/aromatic N) is 2. The number of benzene rings is 1. The van der Waals surface area contributed by atoms with Crippen LogP contribution in [-0.4, -0.2) is 55.6 Å². The monoisotopic (exact) mass is 353 g/mol. The first kappa shape index (κ1) is 18.2. The van der Waals surface area contributed by atoms with Gasteiger partial charge < -0.3 is 10.1 Å².